The van der Waals surface area contributed by atoms with Crippen LogP contribution < -0.4 is 5.43 Å². The fraction of sp³-hybridized carbons (Fsp3) is 0.125. The van der Waals surface area contributed by atoms with Gasteiger partial charge in [-0.2, -0.15) is 0 Å². The zero-order chi connectivity index (χ0) is 14.0. The van der Waals surface area contributed by atoms with Crippen LogP contribution in [-0.4, -0.2) is 10.9 Å². The molecule has 0 aromatic heterocycles. The molecule has 96 valence electrons. The predicted octanol–water partition coefficient (Wildman–Crippen LogP) is 2.60. The summed E-state index contributed by atoms with van der Waals surface area (Å²) in [6, 6.07) is 11.3. The molecule has 3 heteroatoms. The zero-order valence-electron chi connectivity index (χ0n) is 10.8. The van der Waals surface area contributed by atoms with E-state index in [0.29, 0.717) is 5.56 Å². The Bertz CT molecular complexity index is 688. The Morgan fingerprint density at radius 2 is 1.58 bits per heavy atom. The molecule has 0 heterocycles. The molecule has 0 unspecified atom stereocenters. The molecule has 0 saturated heterocycles. The Labute approximate surface area is 111 Å². The number of carbonyl (C=O) groups excluding carboxylic acids is 1. The summed E-state index contributed by atoms with van der Waals surface area (Å²) in [5.74, 6) is -0.734. The molecule has 1 N–H and O–H groups in total. The predicted molar refractivity (Wildman–Crippen MR) is 73.7 cm³/mol. The largest absolute Gasteiger partial charge is 0.507 e. The van der Waals surface area contributed by atoms with Crippen molar-refractivity contribution in [3.63, 3.8) is 0 Å². The van der Waals surface area contributed by atoms with Gasteiger partial charge in [0, 0.05) is 5.56 Å². The quantitative estimate of drug-likeness (QED) is 0.838. The minimum Gasteiger partial charge on any atom is -0.507 e. The van der Waals surface area contributed by atoms with Crippen molar-refractivity contribution in [2.75, 3.05) is 0 Å². The third kappa shape index (κ3) is 2.55. The maximum atomic E-state index is 12.3. The highest BCUT2D eigenvalue weighted by molar-refractivity contribution is 6.10. The molecule has 0 aliphatic carbocycles. The standard InChI is InChI=1S/C16H14O3/c1-10-8-13(17)15(14(18)9-11(10)2)16(19)12-6-4-3-5-7-12/h3-9,17H,1-2H3. The van der Waals surface area contributed by atoms with E-state index in [1.807, 2.05) is 0 Å². The van der Waals surface area contributed by atoms with Crippen molar-refractivity contribution in [3.8, 4) is 5.75 Å². The Kier molecular flexibility index (Phi) is 3.47. The molecule has 19 heavy (non-hydrogen) atoms. The third-order valence-corrected chi connectivity index (χ3v) is 3.09. The van der Waals surface area contributed by atoms with Crippen molar-refractivity contribution in [1.29, 1.82) is 0 Å². The summed E-state index contributed by atoms with van der Waals surface area (Å²) >= 11 is 0. The molecule has 0 radical (unpaired) electrons. The summed E-state index contributed by atoms with van der Waals surface area (Å²) in [5.41, 5.74) is 1.25. The van der Waals surface area contributed by atoms with Gasteiger partial charge in [-0.25, -0.2) is 0 Å². The lowest BCUT2D eigenvalue weighted by Gasteiger charge is -2.00. The maximum Gasteiger partial charge on any atom is 0.200 e. The van der Waals surface area contributed by atoms with Crippen LogP contribution in [0.3, 0.4) is 0 Å². The summed E-state index contributed by atoms with van der Waals surface area (Å²) in [5, 5.41) is 9.97. The highest BCUT2D eigenvalue weighted by Crippen LogP contribution is 2.19. The van der Waals surface area contributed by atoms with E-state index in [1.165, 1.54) is 12.1 Å². The fourth-order valence-electron chi connectivity index (χ4n) is 1.86. The van der Waals surface area contributed by atoms with E-state index in [-0.39, 0.29) is 11.3 Å². The van der Waals surface area contributed by atoms with Gasteiger partial charge in [0.1, 0.15) is 11.3 Å². The number of aryl methyl sites for hydroxylation is 2. The van der Waals surface area contributed by atoms with Crippen LogP contribution in [0.2, 0.25) is 0 Å². The lowest BCUT2D eigenvalue weighted by molar-refractivity contribution is 0.103. The Morgan fingerprint density at radius 3 is 2.21 bits per heavy atom. The molecular formula is C16H14O3. The molecule has 2 aromatic carbocycles. The van der Waals surface area contributed by atoms with E-state index in [4.69, 9.17) is 0 Å². The van der Waals surface area contributed by atoms with Crippen LogP contribution in [0.5, 0.6) is 5.75 Å². The van der Waals surface area contributed by atoms with E-state index in [1.54, 1.807) is 44.2 Å². The van der Waals surface area contributed by atoms with Crippen molar-refractivity contribution in [3.05, 3.63) is 74.9 Å². The number of benzene rings is 1. The van der Waals surface area contributed by atoms with Crippen LogP contribution in [0.4, 0.5) is 0 Å². The highest BCUT2D eigenvalue weighted by atomic mass is 16.3. The SMILES string of the molecule is Cc1cc(O)c(C(=O)c2ccccc2)c(=O)cc1C. The van der Waals surface area contributed by atoms with E-state index in [2.05, 4.69) is 0 Å². The smallest absolute Gasteiger partial charge is 0.200 e. The summed E-state index contributed by atoms with van der Waals surface area (Å²) in [6.45, 7) is 3.55. The molecule has 0 spiro atoms. The van der Waals surface area contributed by atoms with Gasteiger partial charge in [-0.15, -0.1) is 0 Å². The van der Waals surface area contributed by atoms with Crippen molar-refractivity contribution in [2.24, 2.45) is 0 Å². The average molecular weight is 254 g/mol. The van der Waals surface area contributed by atoms with Gasteiger partial charge in [-0.3, -0.25) is 9.59 Å². The lowest BCUT2D eigenvalue weighted by Crippen LogP contribution is -2.13. The van der Waals surface area contributed by atoms with Crippen molar-refractivity contribution in [2.45, 2.75) is 13.8 Å². The zero-order valence-corrected chi connectivity index (χ0v) is 10.8. The van der Waals surface area contributed by atoms with Gasteiger partial charge in [0.15, 0.2) is 5.43 Å². The number of hydrogen-bond acceptors (Lipinski definition) is 3. The van der Waals surface area contributed by atoms with Crippen LogP contribution in [0.15, 0.2) is 47.3 Å². The molecule has 2 rings (SSSR count). The van der Waals surface area contributed by atoms with Gasteiger partial charge < -0.3 is 5.11 Å². The number of aromatic hydroxyl groups is 1. The maximum absolute atomic E-state index is 12.3. The molecule has 0 atom stereocenters. The van der Waals surface area contributed by atoms with Gasteiger partial charge in [0.2, 0.25) is 5.78 Å². The van der Waals surface area contributed by atoms with Gasteiger partial charge >= 0.3 is 0 Å². The first-order valence-electron chi connectivity index (χ1n) is 5.95. The molecule has 0 bridgehead atoms. The number of ketones is 1. The first-order valence-corrected chi connectivity index (χ1v) is 5.95. The Hall–Kier alpha value is -2.42. The topological polar surface area (TPSA) is 54.4 Å². The third-order valence-electron chi connectivity index (χ3n) is 3.09. The van der Waals surface area contributed by atoms with Crippen LogP contribution in [-0.2, 0) is 0 Å². The molecule has 0 aliphatic rings. The minimum absolute atomic E-state index is 0.178. The van der Waals surface area contributed by atoms with Gasteiger partial charge in [0.25, 0.3) is 0 Å². The van der Waals surface area contributed by atoms with Crippen LogP contribution in [0.25, 0.3) is 0 Å². The van der Waals surface area contributed by atoms with Crippen molar-refractivity contribution < 1.29 is 9.90 Å². The van der Waals surface area contributed by atoms with E-state index < -0.39 is 11.2 Å². The van der Waals surface area contributed by atoms with Crippen molar-refractivity contribution in [1.82, 2.24) is 0 Å². The van der Waals surface area contributed by atoms with Crippen molar-refractivity contribution >= 4 is 5.78 Å². The highest BCUT2D eigenvalue weighted by Gasteiger charge is 2.17. The second-order valence-electron chi connectivity index (χ2n) is 4.47. The second-order valence-corrected chi connectivity index (χ2v) is 4.47. The van der Waals surface area contributed by atoms with Crippen LogP contribution >= 0.6 is 0 Å². The van der Waals surface area contributed by atoms with E-state index in [0.717, 1.165) is 11.1 Å². The van der Waals surface area contributed by atoms with Gasteiger partial charge in [-0.1, -0.05) is 30.3 Å². The molecular weight excluding hydrogens is 240 g/mol. The Morgan fingerprint density at radius 1 is 1.00 bits per heavy atom. The second kappa shape index (κ2) is 5.06. The summed E-state index contributed by atoms with van der Waals surface area (Å²) in [4.78, 5) is 24.3. The average Bonchev–Trinajstić information content (AvgIpc) is 2.47. The summed E-state index contributed by atoms with van der Waals surface area (Å²) < 4.78 is 0. The van der Waals surface area contributed by atoms with Gasteiger partial charge in [0.05, 0.1) is 0 Å². The van der Waals surface area contributed by atoms with E-state index >= 15 is 0 Å². The normalized spacial score (nSPS) is 10.2. The number of carbonyl (C=O) groups is 1. The number of rotatable bonds is 2. The molecule has 0 saturated carbocycles. The van der Waals surface area contributed by atoms with Crippen LogP contribution in [0, 0.1) is 13.8 Å². The lowest BCUT2D eigenvalue weighted by atomic mass is 10.0. The monoisotopic (exact) mass is 254 g/mol. The Balaban J connectivity index is 2.68. The summed E-state index contributed by atoms with van der Waals surface area (Å²) in [7, 11) is 0. The van der Waals surface area contributed by atoms with E-state index in [9.17, 15) is 14.7 Å². The molecule has 3 nitrogen and oxygen atoms in total. The molecule has 0 amide bonds. The fourth-order valence-corrected chi connectivity index (χ4v) is 1.86. The minimum atomic E-state index is -0.461. The van der Waals surface area contributed by atoms with Crippen LogP contribution in [0.1, 0.15) is 27.0 Å². The first-order chi connectivity index (χ1) is 9.00. The molecule has 2 aromatic rings. The van der Waals surface area contributed by atoms with Gasteiger partial charge in [-0.05, 0) is 37.1 Å². The number of hydrogen-bond donors (Lipinski definition) is 1. The molecule has 0 fully saturated rings. The summed E-state index contributed by atoms with van der Waals surface area (Å²) in [6.07, 6.45) is 0. The molecule has 0 aliphatic heterocycles. The first kappa shape index (κ1) is 13.0.